The van der Waals surface area contributed by atoms with Gasteiger partial charge in [-0.05, 0) is 37.3 Å². The molecular weight excluding hydrogens is 420 g/mol. The monoisotopic (exact) mass is 436 g/mol. The number of halogens is 1. The summed E-state index contributed by atoms with van der Waals surface area (Å²) in [6, 6.07) is 26.3. The minimum atomic E-state index is 0.0883. The van der Waals surface area contributed by atoms with Crippen molar-refractivity contribution < 1.29 is 5.11 Å². The van der Waals surface area contributed by atoms with E-state index in [1.807, 2.05) is 55.5 Å². The van der Waals surface area contributed by atoms with E-state index in [9.17, 15) is 10.4 Å². The van der Waals surface area contributed by atoms with Crippen molar-refractivity contribution in [2.45, 2.75) is 6.92 Å². The average Bonchev–Trinajstić information content (AvgIpc) is 3.15. The van der Waals surface area contributed by atoms with Crippen LogP contribution in [0.15, 0.2) is 78.9 Å². The van der Waals surface area contributed by atoms with Crippen LogP contribution < -0.4 is 0 Å². The van der Waals surface area contributed by atoms with E-state index in [4.69, 9.17) is 21.7 Å². The quantitative estimate of drug-likeness (QED) is 0.360. The van der Waals surface area contributed by atoms with Crippen LogP contribution in [0.1, 0.15) is 11.3 Å². The van der Waals surface area contributed by atoms with Crippen LogP contribution in [0.2, 0.25) is 5.02 Å². The van der Waals surface area contributed by atoms with Crippen molar-refractivity contribution in [1.82, 2.24) is 14.8 Å². The normalized spacial score (nSPS) is 10.9. The van der Waals surface area contributed by atoms with Crippen molar-refractivity contribution in [3.05, 3.63) is 95.1 Å². The molecule has 154 valence electrons. The minimum absolute atomic E-state index is 0.0883. The van der Waals surface area contributed by atoms with Gasteiger partial charge in [0.05, 0.1) is 28.0 Å². The van der Waals surface area contributed by atoms with E-state index in [0.717, 1.165) is 16.6 Å². The number of pyridine rings is 1. The van der Waals surface area contributed by atoms with Crippen molar-refractivity contribution in [1.29, 1.82) is 5.26 Å². The molecule has 2 aromatic heterocycles. The Bertz CT molecular complexity index is 1500. The average molecular weight is 437 g/mol. The van der Waals surface area contributed by atoms with Gasteiger partial charge in [0.1, 0.15) is 11.8 Å². The molecular formula is C26H17ClN4O. The number of phenols is 1. The minimum Gasteiger partial charge on any atom is -0.507 e. The summed E-state index contributed by atoms with van der Waals surface area (Å²) in [5.41, 5.74) is 4.98. The number of aromatic nitrogens is 3. The third-order valence-corrected chi connectivity index (χ3v) is 5.65. The van der Waals surface area contributed by atoms with Crippen LogP contribution in [0, 0.1) is 18.3 Å². The molecule has 0 unspecified atom stereocenters. The van der Waals surface area contributed by atoms with E-state index in [-0.39, 0.29) is 5.75 Å². The Hall–Kier alpha value is -4.14. The number of para-hydroxylation sites is 2. The number of benzene rings is 3. The Balaban J connectivity index is 1.96. The summed E-state index contributed by atoms with van der Waals surface area (Å²) < 4.78 is 1.77. The first-order valence-corrected chi connectivity index (χ1v) is 10.4. The van der Waals surface area contributed by atoms with E-state index in [0.29, 0.717) is 38.7 Å². The molecule has 0 atom stereocenters. The van der Waals surface area contributed by atoms with Gasteiger partial charge in [0, 0.05) is 21.7 Å². The Labute approximate surface area is 189 Å². The fraction of sp³-hybridized carbons (Fsp3) is 0.0385. The van der Waals surface area contributed by atoms with Gasteiger partial charge in [-0.3, -0.25) is 0 Å². The largest absolute Gasteiger partial charge is 0.507 e. The second-order valence-corrected chi connectivity index (χ2v) is 7.81. The molecule has 0 aliphatic heterocycles. The Morgan fingerprint density at radius 3 is 2.31 bits per heavy atom. The molecule has 5 nitrogen and oxygen atoms in total. The molecule has 32 heavy (non-hydrogen) atoms. The summed E-state index contributed by atoms with van der Waals surface area (Å²) in [5.74, 6) is 0.0883. The van der Waals surface area contributed by atoms with E-state index in [1.54, 1.807) is 35.0 Å². The number of fused-ring (bicyclic) bond motifs is 1. The zero-order valence-corrected chi connectivity index (χ0v) is 17.9. The smallest absolute Gasteiger partial charge is 0.164 e. The molecule has 0 aliphatic rings. The lowest BCUT2D eigenvalue weighted by Gasteiger charge is -2.14. The molecule has 5 aromatic rings. The first-order valence-electron chi connectivity index (χ1n) is 10.0. The highest BCUT2D eigenvalue weighted by molar-refractivity contribution is 6.30. The SMILES string of the molecule is Cc1nn(-c2ccccc2)c2nc(-c3ccc(Cl)cc3)c(C#N)c(-c3ccccc3O)c12. The molecule has 0 spiro atoms. The molecule has 0 saturated carbocycles. The zero-order valence-electron chi connectivity index (χ0n) is 17.1. The number of aromatic hydroxyl groups is 1. The maximum Gasteiger partial charge on any atom is 0.164 e. The maximum absolute atomic E-state index is 10.7. The summed E-state index contributed by atoms with van der Waals surface area (Å²) in [7, 11) is 0. The molecule has 0 radical (unpaired) electrons. The van der Waals surface area contributed by atoms with Crippen molar-refractivity contribution in [3.63, 3.8) is 0 Å². The number of phenolic OH excluding ortho intramolecular Hbond substituents is 1. The molecule has 1 N–H and O–H groups in total. The van der Waals surface area contributed by atoms with Crippen LogP contribution >= 0.6 is 11.6 Å². The van der Waals surface area contributed by atoms with Gasteiger partial charge in [0.2, 0.25) is 0 Å². The van der Waals surface area contributed by atoms with Gasteiger partial charge in [0.25, 0.3) is 0 Å². The van der Waals surface area contributed by atoms with Gasteiger partial charge in [-0.15, -0.1) is 0 Å². The number of hydrogen-bond donors (Lipinski definition) is 1. The van der Waals surface area contributed by atoms with Gasteiger partial charge < -0.3 is 5.11 Å². The van der Waals surface area contributed by atoms with Gasteiger partial charge in [0.15, 0.2) is 5.65 Å². The van der Waals surface area contributed by atoms with Crippen LogP contribution in [0.4, 0.5) is 0 Å². The Morgan fingerprint density at radius 2 is 1.62 bits per heavy atom. The van der Waals surface area contributed by atoms with Crippen LogP contribution in [-0.2, 0) is 0 Å². The molecule has 6 heteroatoms. The van der Waals surface area contributed by atoms with Crippen molar-refractivity contribution in [2.24, 2.45) is 0 Å². The molecule has 0 bridgehead atoms. The van der Waals surface area contributed by atoms with Crippen molar-refractivity contribution >= 4 is 22.6 Å². The van der Waals surface area contributed by atoms with Gasteiger partial charge in [-0.2, -0.15) is 10.4 Å². The molecule has 0 aliphatic carbocycles. The van der Waals surface area contributed by atoms with E-state index in [1.165, 1.54) is 0 Å². The lowest BCUT2D eigenvalue weighted by molar-refractivity contribution is 0.477. The van der Waals surface area contributed by atoms with Crippen molar-refractivity contribution in [2.75, 3.05) is 0 Å². The Kier molecular flexibility index (Phi) is 4.85. The highest BCUT2D eigenvalue weighted by Gasteiger charge is 2.24. The first-order chi connectivity index (χ1) is 15.6. The van der Waals surface area contributed by atoms with E-state index in [2.05, 4.69) is 6.07 Å². The second-order valence-electron chi connectivity index (χ2n) is 7.38. The van der Waals surface area contributed by atoms with Crippen LogP contribution in [0.5, 0.6) is 5.75 Å². The summed E-state index contributed by atoms with van der Waals surface area (Å²) in [6.45, 7) is 1.88. The number of nitrogens with zero attached hydrogens (tertiary/aromatic N) is 4. The van der Waals surface area contributed by atoms with Crippen LogP contribution in [-0.4, -0.2) is 19.9 Å². The second kappa shape index (κ2) is 7.84. The molecule has 3 aromatic carbocycles. The number of nitriles is 1. The number of rotatable bonds is 3. The van der Waals surface area contributed by atoms with E-state index >= 15 is 0 Å². The number of hydrogen-bond acceptors (Lipinski definition) is 4. The fourth-order valence-electron chi connectivity index (χ4n) is 3.95. The standard InChI is InChI=1S/C26H17ClN4O/c1-16-23-24(20-9-5-6-10-22(20)32)21(15-28)25(17-11-13-18(27)14-12-17)29-26(23)31(30-16)19-7-3-2-4-8-19/h2-14,32H,1H3. The summed E-state index contributed by atoms with van der Waals surface area (Å²) in [5, 5.41) is 27.0. The highest BCUT2D eigenvalue weighted by atomic mass is 35.5. The third kappa shape index (κ3) is 3.18. The topological polar surface area (TPSA) is 74.7 Å². The molecule has 0 saturated heterocycles. The fourth-order valence-corrected chi connectivity index (χ4v) is 4.07. The summed E-state index contributed by atoms with van der Waals surface area (Å²) >= 11 is 6.09. The lowest BCUT2D eigenvalue weighted by atomic mass is 9.93. The maximum atomic E-state index is 10.7. The molecule has 2 heterocycles. The Morgan fingerprint density at radius 1 is 0.938 bits per heavy atom. The van der Waals surface area contributed by atoms with E-state index < -0.39 is 0 Å². The zero-order chi connectivity index (χ0) is 22.2. The summed E-state index contributed by atoms with van der Waals surface area (Å²) in [6.07, 6.45) is 0. The lowest BCUT2D eigenvalue weighted by Crippen LogP contribution is -2.01. The molecule has 0 amide bonds. The highest BCUT2D eigenvalue weighted by Crippen LogP contribution is 2.41. The predicted molar refractivity (Wildman–Crippen MR) is 126 cm³/mol. The number of aryl methyl sites for hydroxylation is 1. The predicted octanol–water partition coefficient (Wildman–Crippen LogP) is 6.29. The molecule has 5 rings (SSSR count). The molecule has 0 fully saturated rings. The van der Waals surface area contributed by atoms with Gasteiger partial charge in [-0.25, -0.2) is 9.67 Å². The van der Waals surface area contributed by atoms with Crippen molar-refractivity contribution in [3.8, 4) is 39.9 Å². The summed E-state index contributed by atoms with van der Waals surface area (Å²) in [4.78, 5) is 4.91. The van der Waals surface area contributed by atoms with Crippen LogP contribution in [0.25, 0.3) is 39.1 Å². The van der Waals surface area contributed by atoms with Gasteiger partial charge in [-0.1, -0.05) is 60.1 Å². The van der Waals surface area contributed by atoms with Gasteiger partial charge >= 0.3 is 0 Å². The first kappa shape index (κ1) is 19.8. The van der Waals surface area contributed by atoms with Crippen LogP contribution in [0.3, 0.4) is 0 Å². The third-order valence-electron chi connectivity index (χ3n) is 5.39.